The molecule has 2 aromatic carbocycles. The lowest BCUT2D eigenvalue weighted by Crippen LogP contribution is -2.39. The molecule has 35 heavy (non-hydrogen) atoms. The van der Waals surface area contributed by atoms with Gasteiger partial charge in [0.25, 0.3) is 5.69 Å². The summed E-state index contributed by atoms with van der Waals surface area (Å²) in [5.41, 5.74) is -0.207. The van der Waals surface area contributed by atoms with Crippen molar-refractivity contribution in [3.8, 4) is 11.5 Å². The third kappa shape index (κ3) is 7.69. The van der Waals surface area contributed by atoms with Gasteiger partial charge in [0, 0.05) is 12.1 Å². The molecule has 1 aliphatic carbocycles. The van der Waals surface area contributed by atoms with E-state index in [1.807, 2.05) is 0 Å². The Kier molecular flexibility index (Phi) is 8.39. The summed E-state index contributed by atoms with van der Waals surface area (Å²) in [5, 5.41) is 13.3. The van der Waals surface area contributed by atoms with Crippen LogP contribution < -0.4 is 14.1 Å². The number of para-hydroxylation sites is 1. The number of benzene rings is 2. The highest BCUT2D eigenvalue weighted by molar-refractivity contribution is 7.52. The van der Waals surface area contributed by atoms with Crippen LogP contribution in [0.3, 0.4) is 0 Å². The van der Waals surface area contributed by atoms with Gasteiger partial charge in [0.05, 0.1) is 10.8 Å². The Bertz CT molecular complexity index is 1060. The van der Waals surface area contributed by atoms with E-state index >= 15 is 0 Å². The van der Waals surface area contributed by atoms with Gasteiger partial charge in [0.2, 0.25) is 0 Å². The number of halogens is 3. The van der Waals surface area contributed by atoms with Gasteiger partial charge in [-0.05, 0) is 56.9 Å². The number of carbonyl (C=O) groups is 1. The van der Waals surface area contributed by atoms with E-state index in [1.54, 1.807) is 18.2 Å². The van der Waals surface area contributed by atoms with Crippen LogP contribution >= 0.6 is 7.75 Å². The summed E-state index contributed by atoms with van der Waals surface area (Å²) in [4.78, 5) is 22.8. The molecule has 0 aromatic heterocycles. The number of hydrogen-bond acceptors (Lipinski definition) is 7. The van der Waals surface area contributed by atoms with E-state index in [1.165, 1.54) is 31.2 Å². The van der Waals surface area contributed by atoms with Crippen molar-refractivity contribution in [2.75, 3.05) is 0 Å². The van der Waals surface area contributed by atoms with Crippen LogP contribution in [0.25, 0.3) is 0 Å². The quantitative estimate of drug-likeness (QED) is 0.192. The summed E-state index contributed by atoms with van der Waals surface area (Å²) in [6, 6.07) is 11.5. The fraction of sp³-hybridized carbons (Fsp3) is 0.409. The molecule has 1 N–H and O–H groups in total. The van der Waals surface area contributed by atoms with Gasteiger partial charge in [0.1, 0.15) is 23.6 Å². The first kappa shape index (κ1) is 26.5. The number of ether oxygens (including phenoxy) is 1. The van der Waals surface area contributed by atoms with Gasteiger partial charge >= 0.3 is 19.9 Å². The summed E-state index contributed by atoms with van der Waals surface area (Å²) >= 11 is 0. The maximum Gasteiger partial charge on any atom is 0.513 e. The van der Waals surface area contributed by atoms with Gasteiger partial charge in [-0.25, -0.2) is 4.57 Å². The van der Waals surface area contributed by atoms with Gasteiger partial charge in [-0.1, -0.05) is 18.2 Å². The van der Waals surface area contributed by atoms with Crippen LogP contribution in [0.15, 0.2) is 54.6 Å². The smallest absolute Gasteiger partial charge is 0.461 e. The highest BCUT2D eigenvalue weighted by Crippen LogP contribution is 2.45. The van der Waals surface area contributed by atoms with Crippen molar-refractivity contribution in [2.24, 2.45) is 5.92 Å². The molecule has 0 radical (unpaired) electrons. The fourth-order valence-corrected chi connectivity index (χ4v) is 5.04. The van der Waals surface area contributed by atoms with Crippen molar-refractivity contribution >= 4 is 19.4 Å². The molecule has 0 heterocycles. The van der Waals surface area contributed by atoms with Crippen LogP contribution in [0.5, 0.6) is 11.5 Å². The highest BCUT2D eigenvalue weighted by Gasteiger charge is 2.42. The largest absolute Gasteiger partial charge is 0.513 e. The summed E-state index contributed by atoms with van der Waals surface area (Å²) < 4.78 is 68.4. The zero-order valence-corrected chi connectivity index (χ0v) is 19.5. The average molecular weight is 516 g/mol. The van der Waals surface area contributed by atoms with E-state index < -0.39 is 42.9 Å². The van der Waals surface area contributed by atoms with Crippen molar-refractivity contribution in [2.45, 2.75) is 50.9 Å². The summed E-state index contributed by atoms with van der Waals surface area (Å²) in [6.07, 6.45) is -5.10. The van der Waals surface area contributed by atoms with Crippen LogP contribution in [0.2, 0.25) is 0 Å². The molecular weight excluding hydrogens is 492 g/mol. The predicted molar refractivity (Wildman–Crippen MR) is 119 cm³/mol. The molecule has 190 valence electrons. The Balaban J connectivity index is 1.67. The van der Waals surface area contributed by atoms with E-state index in [0.717, 1.165) is 12.1 Å². The minimum absolute atomic E-state index is 0.0200. The Morgan fingerprint density at radius 3 is 2.09 bits per heavy atom. The van der Waals surface area contributed by atoms with Crippen LogP contribution in [0, 0.1) is 16.0 Å². The molecule has 13 heteroatoms. The van der Waals surface area contributed by atoms with E-state index in [2.05, 4.69) is 5.09 Å². The van der Waals surface area contributed by atoms with E-state index in [4.69, 9.17) is 13.8 Å². The lowest BCUT2D eigenvalue weighted by molar-refractivity contribution is -0.384. The third-order valence-corrected chi connectivity index (χ3v) is 6.97. The maximum absolute atomic E-state index is 13.5. The summed E-state index contributed by atoms with van der Waals surface area (Å²) in [7, 11) is -4.27. The first-order chi connectivity index (χ1) is 16.4. The number of nitrogens with zero attached hydrogens (tertiary/aromatic N) is 1. The average Bonchev–Trinajstić information content (AvgIpc) is 2.79. The third-order valence-electron chi connectivity index (χ3n) is 5.37. The molecule has 2 aromatic rings. The molecule has 1 aliphatic rings. The molecular formula is C22H24F3N2O7P. The number of hydrogen-bond donors (Lipinski definition) is 1. The number of nitrogens with one attached hydrogen (secondary N) is 1. The van der Waals surface area contributed by atoms with Crippen molar-refractivity contribution < 1.29 is 41.2 Å². The summed E-state index contributed by atoms with van der Waals surface area (Å²) in [5.74, 6) is -2.10. The maximum atomic E-state index is 13.5. The van der Waals surface area contributed by atoms with Crippen LogP contribution in [0.4, 0.5) is 18.9 Å². The van der Waals surface area contributed by atoms with Crippen LogP contribution in [-0.2, 0) is 14.1 Å². The monoisotopic (exact) mass is 516 g/mol. The number of nitro groups is 1. The van der Waals surface area contributed by atoms with E-state index in [-0.39, 0.29) is 42.9 Å². The topological polar surface area (TPSA) is 117 Å². The minimum atomic E-state index is -4.28. The second-order valence-electron chi connectivity index (χ2n) is 8.05. The van der Waals surface area contributed by atoms with Crippen molar-refractivity contribution in [3.05, 3.63) is 64.7 Å². The molecule has 9 nitrogen and oxygen atoms in total. The van der Waals surface area contributed by atoms with E-state index in [0.29, 0.717) is 0 Å². The SMILES string of the molecule is C[C@H](N[P@@](=O)(Oc1ccccc1)Oc1ccc([N+](=O)[O-])cc1)C(=O)O[C@H]1CC[C@H](C(F)(F)F)CC1. The number of nitro benzene ring substituents is 1. The number of alkyl halides is 3. The van der Waals surface area contributed by atoms with E-state index in [9.17, 15) is 32.6 Å². The summed E-state index contributed by atoms with van der Waals surface area (Å²) in [6.45, 7) is 1.35. The van der Waals surface area contributed by atoms with Crippen LogP contribution in [0.1, 0.15) is 32.6 Å². The zero-order valence-electron chi connectivity index (χ0n) is 18.6. The van der Waals surface area contributed by atoms with Crippen LogP contribution in [-0.4, -0.2) is 29.2 Å². The molecule has 3 rings (SSSR count). The Hall–Kier alpha value is -3.11. The zero-order chi connectivity index (χ0) is 25.6. The van der Waals surface area contributed by atoms with Gasteiger partial charge < -0.3 is 13.8 Å². The first-order valence-corrected chi connectivity index (χ1v) is 12.3. The Morgan fingerprint density at radius 1 is 1.03 bits per heavy atom. The minimum Gasteiger partial charge on any atom is -0.461 e. The molecule has 1 saturated carbocycles. The van der Waals surface area contributed by atoms with Gasteiger partial charge in [0.15, 0.2) is 0 Å². The second-order valence-corrected chi connectivity index (χ2v) is 9.67. The Morgan fingerprint density at radius 2 is 1.57 bits per heavy atom. The number of esters is 1. The molecule has 2 atom stereocenters. The van der Waals surface area contributed by atoms with Gasteiger partial charge in [-0.2, -0.15) is 18.3 Å². The Labute approximate surface area is 199 Å². The molecule has 0 spiro atoms. The lowest BCUT2D eigenvalue weighted by atomic mass is 9.87. The highest BCUT2D eigenvalue weighted by atomic mass is 31.2. The standard InChI is InChI=1S/C22H24F3N2O7P/c1-15(21(28)32-18-11-7-16(8-12-18)22(23,24)25)26-35(31,33-19-5-3-2-4-6-19)34-20-13-9-17(10-14-20)27(29)30/h2-6,9-10,13-16,18H,7-8,11-12H2,1H3,(H,26,31)/t15-,16-,18-,35+/m0/s1. The molecule has 0 aliphatic heterocycles. The number of non-ortho nitro benzene ring substituents is 1. The molecule has 0 unspecified atom stereocenters. The molecule has 1 fully saturated rings. The second kappa shape index (κ2) is 11.1. The first-order valence-electron chi connectivity index (χ1n) is 10.8. The van der Waals surface area contributed by atoms with Gasteiger partial charge in [-0.15, -0.1) is 0 Å². The van der Waals surface area contributed by atoms with Gasteiger partial charge in [-0.3, -0.25) is 14.9 Å². The van der Waals surface area contributed by atoms with Crippen molar-refractivity contribution in [1.82, 2.24) is 5.09 Å². The fourth-order valence-electron chi connectivity index (χ4n) is 3.52. The number of carbonyl (C=O) groups excluding carboxylic acids is 1. The normalized spacial score (nSPS) is 20.8. The number of rotatable bonds is 9. The van der Waals surface area contributed by atoms with Crippen molar-refractivity contribution in [3.63, 3.8) is 0 Å². The molecule has 0 amide bonds. The molecule has 0 bridgehead atoms. The molecule has 0 saturated heterocycles. The predicted octanol–water partition coefficient (Wildman–Crippen LogP) is 5.80. The lowest BCUT2D eigenvalue weighted by Gasteiger charge is -2.30. The van der Waals surface area contributed by atoms with Crippen molar-refractivity contribution in [1.29, 1.82) is 0 Å².